The van der Waals surface area contributed by atoms with E-state index in [-0.39, 0.29) is 11.2 Å². The van der Waals surface area contributed by atoms with E-state index in [2.05, 4.69) is 29.7 Å². The first kappa shape index (κ1) is 12.5. The van der Waals surface area contributed by atoms with Gasteiger partial charge in [-0.05, 0) is 31.8 Å². The number of anilines is 1. The first-order valence-electron chi connectivity index (χ1n) is 5.78. The maximum atomic E-state index is 11.8. The second kappa shape index (κ2) is 5.10. The predicted octanol–water partition coefficient (Wildman–Crippen LogP) is 1.78. The predicted molar refractivity (Wildman–Crippen MR) is 73.6 cm³/mol. The molecule has 3 nitrogen and oxygen atoms in total. The van der Waals surface area contributed by atoms with Gasteiger partial charge in [-0.2, -0.15) is 12.6 Å². The lowest BCUT2D eigenvalue weighted by molar-refractivity contribution is -0.117. The molecule has 1 aliphatic heterocycles. The zero-order valence-corrected chi connectivity index (χ0v) is 11.2. The number of hydrogen-bond acceptors (Lipinski definition) is 3. The molecule has 1 aromatic carbocycles. The van der Waals surface area contributed by atoms with Crippen LogP contribution in [-0.2, 0) is 11.3 Å². The normalized spacial score (nSPS) is 20.4. The fraction of sp³-hybridized carbons (Fsp3) is 0.462. The number of carbonyl (C=O) groups is 1. The topological polar surface area (TPSA) is 23.6 Å². The van der Waals surface area contributed by atoms with E-state index in [0.29, 0.717) is 13.0 Å². The fourth-order valence-corrected chi connectivity index (χ4v) is 2.45. The van der Waals surface area contributed by atoms with Crippen LogP contribution in [0.15, 0.2) is 24.3 Å². The van der Waals surface area contributed by atoms with E-state index < -0.39 is 0 Å². The zero-order valence-electron chi connectivity index (χ0n) is 10.3. The highest BCUT2D eigenvalue weighted by molar-refractivity contribution is 7.81. The summed E-state index contributed by atoms with van der Waals surface area (Å²) in [5.74, 6) is 0.173. The molecule has 1 heterocycles. The number of rotatable bonds is 3. The van der Waals surface area contributed by atoms with Crippen LogP contribution in [-0.4, -0.2) is 36.7 Å². The van der Waals surface area contributed by atoms with E-state index in [0.717, 1.165) is 12.2 Å². The van der Waals surface area contributed by atoms with Crippen LogP contribution >= 0.6 is 12.6 Å². The maximum Gasteiger partial charge on any atom is 0.228 e. The van der Waals surface area contributed by atoms with Gasteiger partial charge in [-0.25, -0.2) is 0 Å². The number of nitrogens with zero attached hydrogens (tertiary/aromatic N) is 2. The van der Waals surface area contributed by atoms with Crippen LogP contribution in [0.1, 0.15) is 12.0 Å². The summed E-state index contributed by atoms with van der Waals surface area (Å²) in [7, 11) is 4.08. The SMILES string of the molecule is CN(C)Cc1cccc(N2CC(S)CC2=O)c1. The average molecular weight is 250 g/mol. The molecule has 0 spiro atoms. The highest BCUT2D eigenvalue weighted by atomic mass is 32.1. The monoisotopic (exact) mass is 250 g/mol. The fourth-order valence-electron chi connectivity index (χ4n) is 2.13. The Morgan fingerprint density at radius 1 is 1.47 bits per heavy atom. The molecule has 0 aromatic heterocycles. The van der Waals surface area contributed by atoms with Crippen molar-refractivity contribution in [3.8, 4) is 0 Å². The molecule has 1 aliphatic rings. The summed E-state index contributed by atoms with van der Waals surface area (Å²) in [6.45, 7) is 1.60. The zero-order chi connectivity index (χ0) is 12.4. The Balaban J connectivity index is 2.18. The molecule has 1 unspecified atom stereocenters. The highest BCUT2D eigenvalue weighted by Crippen LogP contribution is 2.24. The van der Waals surface area contributed by atoms with Crippen molar-refractivity contribution in [2.45, 2.75) is 18.2 Å². The van der Waals surface area contributed by atoms with Crippen molar-refractivity contribution in [3.63, 3.8) is 0 Å². The third-order valence-electron chi connectivity index (χ3n) is 2.83. The minimum Gasteiger partial charge on any atom is -0.311 e. The van der Waals surface area contributed by atoms with E-state index in [1.54, 1.807) is 0 Å². The second-order valence-corrected chi connectivity index (χ2v) is 5.50. The Kier molecular flexibility index (Phi) is 3.74. The van der Waals surface area contributed by atoms with Gasteiger partial charge in [0.25, 0.3) is 0 Å². The Morgan fingerprint density at radius 2 is 2.24 bits per heavy atom. The number of hydrogen-bond donors (Lipinski definition) is 1. The third kappa shape index (κ3) is 3.01. The van der Waals surface area contributed by atoms with Crippen molar-refractivity contribution >= 4 is 24.2 Å². The van der Waals surface area contributed by atoms with E-state index in [9.17, 15) is 4.79 Å². The lowest BCUT2D eigenvalue weighted by atomic mass is 10.2. The van der Waals surface area contributed by atoms with E-state index in [1.807, 2.05) is 31.1 Å². The van der Waals surface area contributed by atoms with Crippen molar-refractivity contribution in [2.75, 3.05) is 25.5 Å². The van der Waals surface area contributed by atoms with Crippen molar-refractivity contribution in [3.05, 3.63) is 29.8 Å². The average Bonchev–Trinajstić information content (AvgIpc) is 2.57. The third-order valence-corrected chi connectivity index (χ3v) is 3.17. The van der Waals surface area contributed by atoms with Crippen molar-refractivity contribution in [1.82, 2.24) is 4.90 Å². The number of benzene rings is 1. The molecule has 0 N–H and O–H groups in total. The van der Waals surface area contributed by atoms with Crippen molar-refractivity contribution in [2.24, 2.45) is 0 Å². The molecule has 2 rings (SSSR count). The molecule has 0 radical (unpaired) electrons. The van der Waals surface area contributed by atoms with E-state index in [4.69, 9.17) is 0 Å². The highest BCUT2D eigenvalue weighted by Gasteiger charge is 2.28. The molecule has 92 valence electrons. The summed E-state index contributed by atoms with van der Waals surface area (Å²) in [6, 6.07) is 8.17. The largest absolute Gasteiger partial charge is 0.311 e. The molecule has 1 fully saturated rings. The van der Waals surface area contributed by atoms with Crippen LogP contribution in [0.5, 0.6) is 0 Å². The minimum absolute atomic E-state index is 0.167. The molecular weight excluding hydrogens is 232 g/mol. The molecule has 0 saturated carbocycles. The van der Waals surface area contributed by atoms with Crippen LogP contribution in [0.25, 0.3) is 0 Å². The summed E-state index contributed by atoms with van der Waals surface area (Å²) >= 11 is 4.37. The van der Waals surface area contributed by atoms with Crippen LogP contribution < -0.4 is 4.90 Å². The Morgan fingerprint density at radius 3 is 2.82 bits per heavy atom. The van der Waals surface area contributed by atoms with Gasteiger partial charge in [-0.3, -0.25) is 4.79 Å². The Bertz CT molecular complexity index is 420. The van der Waals surface area contributed by atoms with Gasteiger partial charge >= 0.3 is 0 Å². The standard InChI is InChI=1S/C13H18N2OS/c1-14(2)8-10-4-3-5-11(6-10)15-9-12(17)7-13(15)16/h3-6,12,17H,7-9H2,1-2H3. The van der Waals surface area contributed by atoms with Gasteiger partial charge in [0.15, 0.2) is 0 Å². The quantitative estimate of drug-likeness (QED) is 0.827. The van der Waals surface area contributed by atoms with Gasteiger partial charge in [0.2, 0.25) is 5.91 Å². The second-order valence-electron chi connectivity index (χ2n) is 4.77. The first-order valence-corrected chi connectivity index (χ1v) is 6.30. The van der Waals surface area contributed by atoms with Gasteiger partial charge < -0.3 is 9.80 Å². The summed E-state index contributed by atoms with van der Waals surface area (Å²) in [5.41, 5.74) is 2.22. The maximum absolute atomic E-state index is 11.8. The number of amides is 1. The number of thiol groups is 1. The lowest BCUT2D eigenvalue weighted by Crippen LogP contribution is -2.24. The molecule has 0 bridgehead atoms. The van der Waals surface area contributed by atoms with Gasteiger partial charge in [-0.15, -0.1) is 0 Å². The van der Waals surface area contributed by atoms with Gasteiger partial charge in [-0.1, -0.05) is 12.1 Å². The summed E-state index contributed by atoms with van der Waals surface area (Å²) < 4.78 is 0. The van der Waals surface area contributed by atoms with E-state index >= 15 is 0 Å². The minimum atomic E-state index is 0.167. The van der Waals surface area contributed by atoms with Crippen molar-refractivity contribution in [1.29, 1.82) is 0 Å². The van der Waals surface area contributed by atoms with Gasteiger partial charge in [0, 0.05) is 30.4 Å². The van der Waals surface area contributed by atoms with Gasteiger partial charge in [0.05, 0.1) is 0 Å². The molecular formula is C13H18N2OS. The van der Waals surface area contributed by atoms with Crippen molar-refractivity contribution < 1.29 is 4.79 Å². The molecule has 0 aliphatic carbocycles. The Hall–Kier alpha value is -1.00. The van der Waals surface area contributed by atoms with Crippen LogP contribution in [0.3, 0.4) is 0 Å². The smallest absolute Gasteiger partial charge is 0.228 e. The van der Waals surface area contributed by atoms with Gasteiger partial charge in [0.1, 0.15) is 0 Å². The van der Waals surface area contributed by atoms with Crippen LogP contribution in [0.2, 0.25) is 0 Å². The van der Waals surface area contributed by atoms with Crippen LogP contribution in [0, 0.1) is 0 Å². The van der Waals surface area contributed by atoms with Crippen LogP contribution in [0.4, 0.5) is 5.69 Å². The molecule has 1 saturated heterocycles. The summed E-state index contributed by atoms with van der Waals surface area (Å²) in [5, 5.41) is 0.167. The molecule has 1 atom stereocenters. The molecule has 4 heteroatoms. The molecule has 1 aromatic rings. The molecule has 1 amide bonds. The molecule has 17 heavy (non-hydrogen) atoms. The van der Waals surface area contributed by atoms with E-state index in [1.165, 1.54) is 5.56 Å². The summed E-state index contributed by atoms with van der Waals surface area (Å²) in [6.07, 6.45) is 0.543. The number of carbonyl (C=O) groups excluding carboxylic acids is 1. The lowest BCUT2D eigenvalue weighted by Gasteiger charge is -2.18. The first-order chi connectivity index (χ1) is 8.06. The summed E-state index contributed by atoms with van der Waals surface area (Å²) in [4.78, 5) is 15.7. The Labute approximate surface area is 108 Å².